The van der Waals surface area contributed by atoms with Crippen molar-refractivity contribution >= 4 is 21.7 Å². The Kier molecular flexibility index (Phi) is 7.91. The Morgan fingerprint density at radius 1 is 1.10 bits per heavy atom. The minimum absolute atomic E-state index is 0.0260. The maximum absolute atomic E-state index is 15.0. The fourth-order valence-corrected chi connectivity index (χ4v) is 5.90. The lowest BCUT2D eigenvalue weighted by Gasteiger charge is -2.38. The topological polar surface area (TPSA) is 93.1 Å². The first-order valence-corrected chi connectivity index (χ1v) is 13.4. The molecule has 0 saturated heterocycles. The molecule has 0 aromatic heterocycles. The number of hydrogen-bond acceptors (Lipinski definition) is 5. The third kappa shape index (κ3) is 6.21. The number of nitrogens with zero attached hydrogens (tertiary/aromatic N) is 1. The molecule has 0 radical (unpaired) electrons. The monoisotopic (exact) mass is 603 g/mol. The quantitative estimate of drug-likeness (QED) is 0.293. The fraction of sp³-hybridized carbons (Fsp3) is 0.296. The molecule has 0 saturated carbocycles. The van der Waals surface area contributed by atoms with Crippen molar-refractivity contribution in [3.05, 3.63) is 72.0 Å². The summed E-state index contributed by atoms with van der Waals surface area (Å²) in [5.41, 5.74) is -2.94. The summed E-state index contributed by atoms with van der Waals surface area (Å²) in [5, 5.41) is 9.56. The van der Waals surface area contributed by atoms with Gasteiger partial charge in [0, 0.05) is 12.0 Å². The molecule has 220 valence electrons. The Hall–Kier alpha value is -3.94. The highest BCUT2D eigenvalue weighted by Gasteiger charge is 2.40. The van der Waals surface area contributed by atoms with Gasteiger partial charge in [0.15, 0.2) is 11.6 Å². The Balaban J connectivity index is 1.85. The van der Waals surface area contributed by atoms with Crippen molar-refractivity contribution in [1.29, 1.82) is 0 Å². The summed E-state index contributed by atoms with van der Waals surface area (Å²) in [7, 11) is -4.71. The van der Waals surface area contributed by atoms with Gasteiger partial charge < -0.3 is 14.6 Å². The van der Waals surface area contributed by atoms with Crippen molar-refractivity contribution in [3.63, 3.8) is 0 Å². The summed E-state index contributed by atoms with van der Waals surface area (Å²) >= 11 is 0. The van der Waals surface area contributed by atoms with E-state index in [1.165, 1.54) is 44.2 Å². The van der Waals surface area contributed by atoms with Gasteiger partial charge in [0.05, 0.1) is 28.1 Å². The second-order valence-corrected chi connectivity index (χ2v) is 11.7. The maximum Gasteiger partial charge on any atom is 0.416 e. The van der Waals surface area contributed by atoms with Crippen molar-refractivity contribution < 1.29 is 54.1 Å². The summed E-state index contributed by atoms with van der Waals surface area (Å²) in [6.07, 6.45) is -6.03. The van der Waals surface area contributed by atoms with Gasteiger partial charge in [0.25, 0.3) is 10.0 Å². The molecule has 3 aromatic rings. The van der Waals surface area contributed by atoms with E-state index in [1.807, 2.05) is 0 Å². The number of carbonyl (C=O) groups is 1. The molecule has 1 aliphatic rings. The zero-order valence-corrected chi connectivity index (χ0v) is 22.3. The van der Waals surface area contributed by atoms with Gasteiger partial charge in [-0.2, -0.15) is 22.0 Å². The first kappa shape index (κ1) is 30.0. The number of carboxylic acids is 1. The Labute approximate surface area is 231 Å². The van der Waals surface area contributed by atoms with Gasteiger partial charge in [-0.15, -0.1) is 0 Å². The molecule has 14 heteroatoms. The zero-order chi connectivity index (χ0) is 30.3. The standard InChI is InChI=1S/C27H23F6NO6S/c1-26(2,24(35)36)13-17-14-34(41(37,38)18-6-3-5-16(12-18)27(31,32)33)20-11-15(9-10-21(20)39-17)19-7-4-8-22(23(19)28)40-25(29)30/h3-12,17,25H,13-14H2,1-2H3,(H,35,36)/t17-/m0/s1. The van der Waals surface area contributed by atoms with Crippen molar-refractivity contribution in [2.24, 2.45) is 5.41 Å². The molecular weight excluding hydrogens is 580 g/mol. The number of sulfonamides is 1. The predicted molar refractivity (Wildman–Crippen MR) is 135 cm³/mol. The molecule has 0 amide bonds. The van der Waals surface area contributed by atoms with E-state index in [2.05, 4.69) is 4.74 Å². The van der Waals surface area contributed by atoms with Crippen LogP contribution in [-0.2, 0) is 21.0 Å². The van der Waals surface area contributed by atoms with Crippen LogP contribution in [0.2, 0.25) is 0 Å². The van der Waals surface area contributed by atoms with E-state index in [0.29, 0.717) is 12.1 Å². The number of halogens is 6. The van der Waals surface area contributed by atoms with Crippen molar-refractivity contribution in [3.8, 4) is 22.6 Å². The Morgan fingerprint density at radius 2 is 1.78 bits per heavy atom. The number of alkyl halides is 5. The molecule has 0 spiro atoms. The minimum Gasteiger partial charge on any atom is -0.486 e. The highest BCUT2D eigenvalue weighted by molar-refractivity contribution is 7.92. The Bertz CT molecular complexity index is 1570. The number of fused-ring (bicyclic) bond motifs is 1. The average Bonchev–Trinajstić information content (AvgIpc) is 2.88. The third-order valence-electron chi connectivity index (χ3n) is 6.45. The van der Waals surface area contributed by atoms with Crippen LogP contribution in [0.1, 0.15) is 25.8 Å². The molecule has 1 N–H and O–H groups in total. The molecule has 1 heterocycles. The molecule has 0 aliphatic carbocycles. The van der Waals surface area contributed by atoms with Crippen molar-refractivity contribution in [2.45, 2.75) is 44.1 Å². The van der Waals surface area contributed by atoms with E-state index in [9.17, 15) is 40.3 Å². The van der Waals surface area contributed by atoms with Gasteiger partial charge in [-0.1, -0.05) is 24.3 Å². The zero-order valence-electron chi connectivity index (χ0n) is 21.5. The highest BCUT2D eigenvalue weighted by Crippen LogP contribution is 2.43. The molecule has 0 fully saturated rings. The molecular formula is C27H23F6NO6S. The first-order chi connectivity index (χ1) is 19.0. The number of carboxylic acid groups (broad SMARTS) is 1. The number of ether oxygens (including phenoxy) is 2. The normalized spacial score (nSPS) is 15.8. The number of benzene rings is 3. The van der Waals surface area contributed by atoms with Gasteiger partial charge >= 0.3 is 18.8 Å². The largest absolute Gasteiger partial charge is 0.486 e. The van der Waals surface area contributed by atoms with E-state index >= 15 is 4.39 Å². The SMILES string of the molecule is CC(C)(C[C@H]1CN(S(=O)(=O)c2cccc(C(F)(F)F)c2)c2cc(-c3cccc(OC(F)F)c3F)ccc2O1)C(=O)O. The predicted octanol–water partition coefficient (Wildman–Crippen LogP) is 6.57. The first-order valence-electron chi connectivity index (χ1n) is 12.0. The van der Waals surface area contributed by atoms with Crippen LogP contribution >= 0.6 is 0 Å². The van der Waals surface area contributed by atoms with E-state index in [1.54, 1.807) is 0 Å². The summed E-state index contributed by atoms with van der Waals surface area (Å²) in [5.74, 6) is -3.16. The second-order valence-electron chi connectivity index (χ2n) is 9.87. The van der Waals surface area contributed by atoms with E-state index in [-0.39, 0.29) is 29.0 Å². The molecule has 0 unspecified atom stereocenters. The van der Waals surface area contributed by atoms with Gasteiger partial charge in [-0.05, 0) is 55.8 Å². The van der Waals surface area contributed by atoms with Crippen LogP contribution in [0.15, 0.2) is 65.6 Å². The smallest absolute Gasteiger partial charge is 0.416 e. The van der Waals surface area contributed by atoms with Crippen molar-refractivity contribution in [2.75, 3.05) is 10.8 Å². The third-order valence-corrected chi connectivity index (χ3v) is 8.22. The summed E-state index contributed by atoms with van der Waals surface area (Å²) in [6, 6.07) is 10.3. The molecule has 0 bridgehead atoms. The molecule has 7 nitrogen and oxygen atoms in total. The van der Waals surface area contributed by atoms with E-state index in [4.69, 9.17) is 4.74 Å². The number of anilines is 1. The van der Waals surface area contributed by atoms with Crippen LogP contribution < -0.4 is 13.8 Å². The van der Waals surface area contributed by atoms with Crippen LogP contribution in [0.5, 0.6) is 11.5 Å². The maximum atomic E-state index is 15.0. The van der Waals surface area contributed by atoms with Crippen LogP contribution in [0, 0.1) is 11.2 Å². The lowest BCUT2D eigenvalue weighted by atomic mass is 9.86. The lowest BCUT2D eigenvalue weighted by Crippen LogP contribution is -2.46. The minimum atomic E-state index is -4.83. The molecule has 3 aromatic carbocycles. The number of aliphatic carboxylic acids is 1. The summed E-state index contributed by atoms with van der Waals surface area (Å²) < 4.78 is 119. The van der Waals surface area contributed by atoms with Crippen molar-refractivity contribution in [1.82, 2.24) is 0 Å². The number of hydrogen-bond donors (Lipinski definition) is 1. The van der Waals surface area contributed by atoms with E-state index in [0.717, 1.165) is 22.5 Å². The highest BCUT2D eigenvalue weighted by atomic mass is 32.2. The van der Waals surface area contributed by atoms with Gasteiger partial charge in [0.1, 0.15) is 11.9 Å². The molecule has 1 atom stereocenters. The lowest BCUT2D eigenvalue weighted by molar-refractivity contribution is -0.148. The number of rotatable bonds is 8. The van der Waals surface area contributed by atoms with E-state index < -0.39 is 68.9 Å². The average molecular weight is 604 g/mol. The van der Waals surface area contributed by atoms with Crippen LogP contribution in [0.3, 0.4) is 0 Å². The molecule has 41 heavy (non-hydrogen) atoms. The second kappa shape index (κ2) is 10.8. The van der Waals surface area contributed by atoms with Gasteiger partial charge in [0.2, 0.25) is 0 Å². The fourth-order valence-electron chi connectivity index (χ4n) is 4.35. The van der Waals surface area contributed by atoms with Gasteiger partial charge in [-0.3, -0.25) is 9.10 Å². The summed E-state index contributed by atoms with van der Waals surface area (Å²) in [4.78, 5) is 11.0. The van der Waals surface area contributed by atoms with Crippen LogP contribution in [0.25, 0.3) is 11.1 Å². The van der Waals surface area contributed by atoms with Crippen LogP contribution in [-0.4, -0.2) is 38.8 Å². The molecule has 4 rings (SSSR count). The van der Waals surface area contributed by atoms with Gasteiger partial charge in [-0.25, -0.2) is 12.8 Å². The Morgan fingerprint density at radius 3 is 2.41 bits per heavy atom. The molecule has 1 aliphatic heterocycles. The van der Waals surface area contributed by atoms with Crippen LogP contribution in [0.4, 0.5) is 32.0 Å². The summed E-state index contributed by atoms with van der Waals surface area (Å²) in [6.45, 7) is -0.986.